The zero-order valence-electron chi connectivity index (χ0n) is 10.3. The van der Waals surface area contributed by atoms with E-state index in [2.05, 4.69) is 10.6 Å². The number of carbonyl (C=O) groups is 3. The van der Waals surface area contributed by atoms with E-state index in [-0.39, 0.29) is 12.8 Å². The summed E-state index contributed by atoms with van der Waals surface area (Å²) in [6.07, 6.45) is -0.510. The molecule has 1 aromatic rings. The van der Waals surface area contributed by atoms with Gasteiger partial charge < -0.3 is 20.8 Å². The molecule has 0 heterocycles. The van der Waals surface area contributed by atoms with Crippen molar-refractivity contribution in [1.29, 1.82) is 0 Å². The van der Waals surface area contributed by atoms with Crippen LogP contribution in [0.3, 0.4) is 0 Å². The lowest BCUT2D eigenvalue weighted by atomic mass is 10.1. The Morgan fingerprint density at radius 1 is 1.20 bits per heavy atom. The number of hydrogen-bond donors (Lipinski definition) is 4. The number of para-hydroxylation sites is 1. The standard InChI is InChI=1S/C12H13IN2O5/c13-7-3-1-2-4-8(7)14-12(20)15-9(11(18)19)5-6-10(16)17/h1-4,9H,5-6H2,(H,16,17)(H,18,19)(H2,14,15,20). The number of anilines is 1. The molecule has 0 aromatic heterocycles. The fraction of sp³-hybridized carbons (Fsp3) is 0.250. The van der Waals surface area contributed by atoms with Crippen LogP contribution in [0.4, 0.5) is 10.5 Å². The molecule has 0 aliphatic rings. The summed E-state index contributed by atoms with van der Waals surface area (Å²) in [5, 5.41) is 22.2. The van der Waals surface area contributed by atoms with Crippen LogP contribution in [0.15, 0.2) is 24.3 Å². The minimum Gasteiger partial charge on any atom is -0.481 e. The van der Waals surface area contributed by atoms with Crippen LogP contribution in [-0.2, 0) is 9.59 Å². The van der Waals surface area contributed by atoms with Gasteiger partial charge in [-0.05, 0) is 41.1 Å². The molecule has 0 radical (unpaired) electrons. The molecule has 0 saturated carbocycles. The zero-order chi connectivity index (χ0) is 15.1. The molecule has 1 atom stereocenters. The van der Waals surface area contributed by atoms with Crippen LogP contribution in [0, 0.1) is 3.57 Å². The third kappa shape index (κ3) is 5.43. The van der Waals surface area contributed by atoms with Crippen molar-refractivity contribution in [3.63, 3.8) is 0 Å². The second-order valence-corrected chi connectivity index (χ2v) is 5.06. The summed E-state index contributed by atoms with van der Waals surface area (Å²) in [4.78, 5) is 33.0. The van der Waals surface area contributed by atoms with Crippen molar-refractivity contribution in [2.75, 3.05) is 5.32 Å². The summed E-state index contributed by atoms with van der Waals surface area (Å²) >= 11 is 2.03. The van der Waals surface area contributed by atoms with Gasteiger partial charge in [0.15, 0.2) is 0 Å². The average molecular weight is 392 g/mol. The molecule has 0 aliphatic carbocycles. The minimum atomic E-state index is -1.27. The Labute approximate surface area is 128 Å². The Hall–Kier alpha value is -1.84. The Balaban J connectivity index is 2.60. The number of aliphatic carboxylic acids is 2. The lowest BCUT2D eigenvalue weighted by Crippen LogP contribution is -2.43. The zero-order valence-corrected chi connectivity index (χ0v) is 12.5. The maximum atomic E-state index is 11.7. The van der Waals surface area contributed by atoms with E-state index in [1.54, 1.807) is 24.3 Å². The molecule has 4 N–H and O–H groups in total. The summed E-state index contributed by atoms with van der Waals surface area (Å²) in [5.74, 6) is -2.39. The van der Waals surface area contributed by atoms with Gasteiger partial charge in [-0.1, -0.05) is 12.1 Å². The number of carboxylic acids is 2. The first kappa shape index (κ1) is 16.2. The van der Waals surface area contributed by atoms with Gasteiger partial charge in [0.05, 0.1) is 5.69 Å². The van der Waals surface area contributed by atoms with E-state index in [1.165, 1.54) is 0 Å². The van der Waals surface area contributed by atoms with E-state index < -0.39 is 24.0 Å². The van der Waals surface area contributed by atoms with Crippen molar-refractivity contribution in [2.24, 2.45) is 0 Å². The van der Waals surface area contributed by atoms with Crippen molar-refractivity contribution >= 4 is 46.2 Å². The van der Waals surface area contributed by atoms with Gasteiger partial charge in [0.25, 0.3) is 0 Å². The predicted octanol–water partition coefficient (Wildman–Crippen LogP) is 1.73. The molecular weight excluding hydrogens is 379 g/mol. The SMILES string of the molecule is O=C(O)CCC(NC(=O)Nc1ccccc1I)C(=O)O. The van der Waals surface area contributed by atoms with Gasteiger partial charge in [-0.3, -0.25) is 4.79 Å². The summed E-state index contributed by atoms with van der Waals surface area (Å²) in [6.45, 7) is 0. The summed E-state index contributed by atoms with van der Waals surface area (Å²) in [7, 11) is 0. The van der Waals surface area contributed by atoms with Gasteiger partial charge >= 0.3 is 18.0 Å². The molecule has 108 valence electrons. The normalized spacial score (nSPS) is 11.4. The van der Waals surface area contributed by atoms with E-state index in [0.29, 0.717) is 5.69 Å². The van der Waals surface area contributed by atoms with Gasteiger partial charge in [0, 0.05) is 9.99 Å². The second kappa shape index (κ2) is 7.68. The van der Waals surface area contributed by atoms with Crippen LogP contribution >= 0.6 is 22.6 Å². The topological polar surface area (TPSA) is 116 Å². The van der Waals surface area contributed by atoms with Crippen molar-refractivity contribution < 1.29 is 24.6 Å². The van der Waals surface area contributed by atoms with Gasteiger partial charge in [0.1, 0.15) is 6.04 Å². The number of benzene rings is 1. The van der Waals surface area contributed by atoms with E-state index in [1.807, 2.05) is 22.6 Å². The summed E-state index contributed by atoms with van der Waals surface area (Å²) in [5.41, 5.74) is 0.549. The molecule has 0 saturated heterocycles. The number of rotatable bonds is 6. The highest BCUT2D eigenvalue weighted by Gasteiger charge is 2.21. The lowest BCUT2D eigenvalue weighted by Gasteiger charge is -2.14. The lowest BCUT2D eigenvalue weighted by molar-refractivity contribution is -0.140. The first-order valence-electron chi connectivity index (χ1n) is 5.67. The summed E-state index contributed by atoms with van der Waals surface area (Å²) in [6, 6.07) is 5.07. The maximum Gasteiger partial charge on any atom is 0.326 e. The average Bonchev–Trinajstić information content (AvgIpc) is 2.36. The molecule has 0 bridgehead atoms. The number of carboxylic acid groups (broad SMARTS) is 2. The van der Waals surface area contributed by atoms with Crippen LogP contribution in [-0.4, -0.2) is 34.2 Å². The Morgan fingerprint density at radius 2 is 1.85 bits per heavy atom. The first-order chi connectivity index (χ1) is 9.40. The highest BCUT2D eigenvalue weighted by atomic mass is 127. The molecule has 8 heteroatoms. The number of urea groups is 1. The highest BCUT2D eigenvalue weighted by molar-refractivity contribution is 14.1. The third-order valence-corrected chi connectivity index (χ3v) is 3.31. The second-order valence-electron chi connectivity index (χ2n) is 3.90. The molecule has 2 amide bonds. The van der Waals surface area contributed by atoms with Crippen LogP contribution in [0.25, 0.3) is 0 Å². The van der Waals surface area contributed by atoms with Crippen molar-refractivity contribution in [1.82, 2.24) is 5.32 Å². The van der Waals surface area contributed by atoms with Crippen LogP contribution in [0.2, 0.25) is 0 Å². The molecule has 0 aliphatic heterocycles. The molecule has 0 fully saturated rings. The van der Waals surface area contributed by atoms with Gasteiger partial charge in [-0.2, -0.15) is 0 Å². The number of hydrogen-bond acceptors (Lipinski definition) is 3. The van der Waals surface area contributed by atoms with E-state index >= 15 is 0 Å². The van der Waals surface area contributed by atoms with E-state index in [4.69, 9.17) is 10.2 Å². The fourth-order valence-corrected chi connectivity index (χ4v) is 1.93. The summed E-state index contributed by atoms with van der Waals surface area (Å²) < 4.78 is 0.803. The molecule has 1 unspecified atom stereocenters. The maximum absolute atomic E-state index is 11.7. The number of nitrogens with one attached hydrogen (secondary N) is 2. The van der Waals surface area contributed by atoms with Gasteiger partial charge in [-0.15, -0.1) is 0 Å². The van der Waals surface area contributed by atoms with Crippen molar-refractivity contribution in [2.45, 2.75) is 18.9 Å². The van der Waals surface area contributed by atoms with E-state index in [9.17, 15) is 14.4 Å². The van der Waals surface area contributed by atoms with E-state index in [0.717, 1.165) is 3.57 Å². The first-order valence-corrected chi connectivity index (χ1v) is 6.74. The van der Waals surface area contributed by atoms with Crippen LogP contribution < -0.4 is 10.6 Å². The Bertz CT molecular complexity index is 520. The monoisotopic (exact) mass is 392 g/mol. The predicted molar refractivity (Wildman–Crippen MR) is 79.6 cm³/mol. The van der Waals surface area contributed by atoms with Crippen LogP contribution in [0.5, 0.6) is 0 Å². The molecule has 7 nitrogen and oxygen atoms in total. The highest BCUT2D eigenvalue weighted by Crippen LogP contribution is 2.16. The molecule has 1 rings (SSSR count). The molecule has 0 spiro atoms. The molecular formula is C12H13IN2O5. The van der Waals surface area contributed by atoms with Gasteiger partial charge in [-0.25, -0.2) is 9.59 Å². The smallest absolute Gasteiger partial charge is 0.326 e. The number of halogens is 1. The number of carbonyl (C=O) groups excluding carboxylic acids is 1. The molecule has 20 heavy (non-hydrogen) atoms. The quantitative estimate of drug-likeness (QED) is 0.551. The Kier molecular flexibility index (Phi) is 6.22. The molecule has 1 aromatic carbocycles. The van der Waals surface area contributed by atoms with Crippen molar-refractivity contribution in [3.05, 3.63) is 27.8 Å². The van der Waals surface area contributed by atoms with Crippen molar-refractivity contribution in [3.8, 4) is 0 Å². The third-order valence-electron chi connectivity index (χ3n) is 2.37. The number of amides is 2. The Morgan fingerprint density at radius 3 is 2.40 bits per heavy atom. The minimum absolute atomic E-state index is 0.177. The largest absolute Gasteiger partial charge is 0.481 e. The van der Waals surface area contributed by atoms with Gasteiger partial charge in [0.2, 0.25) is 0 Å². The fourth-order valence-electron chi connectivity index (χ4n) is 1.40. The van der Waals surface area contributed by atoms with Crippen LogP contribution in [0.1, 0.15) is 12.8 Å².